The van der Waals surface area contributed by atoms with Gasteiger partial charge in [-0.25, -0.2) is 9.97 Å². The Morgan fingerprint density at radius 2 is 1.83 bits per heavy atom. The van der Waals surface area contributed by atoms with Crippen LogP contribution in [-0.4, -0.2) is 50.5 Å². The minimum absolute atomic E-state index is 0.145. The highest BCUT2D eigenvalue weighted by Gasteiger charge is 2.13. The molecule has 29 heavy (non-hydrogen) atoms. The summed E-state index contributed by atoms with van der Waals surface area (Å²) in [6.07, 6.45) is 3.48. The fourth-order valence-corrected chi connectivity index (χ4v) is 2.53. The summed E-state index contributed by atoms with van der Waals surface area (Å²) in [6, 6.07) is 10.3. The molecule has 2 aromatic carbocycles. The third-order valence-electron chi connectivity index (χ3n) is 3.83. The van der Waals surface area contributed by atoms with Gasteiger partial charge in [-0.05, 0) is 24.3 Å². The SMILES string of the molecule is [2H]C#Cc1cccc(Nc2ncnc3cc(OCC([2H])([2H])OC)c(OCC([2H])([2H])OC)cc23)c1. The van der Waals surface area contributed by atoms with Gasteiger partial charge in [0, 0.05) is 36.9 Å². The monoisotopic (exact) mass is 398 g/mol. The molecule has 0 radical (unpaired) electrons. The third kappa shape index (κ3) is 5.35. The van der Waals surface area contributed by atoms with Gasteiger partial charge in [-0.1, -0.05) is 12.0 Å². The molecule has 1 heterocycles. The summed E-state index contributed by atoms with van der Waals surface area (Å²) in [5, 5.41) is 3.74. The predicted octanol–water partition coefficient (Wildman–Crippen LogP) is 3.41. The Morgan fingerprint density at radius 1 is 1.07 bits per heavy atom. The molecule has 7 heteroatoms. The maximum absolute atomic E-state index is 7.77. The maximum Gasteiger partial charge on any atom is 0.163 e. The second-order valence-corrected chi connectivity index (χ2v) is 5.64. The largest absolute Gasteiger partial charge is 0.487 e. The topological polar surface area (TPSA) is 74.7 Å². The van der Waals surface area contributed by atoms with Crippen molar-refractivity contribution in [2.45, 2.75) is 0 Å². The molecule has 0 aliphatic rings. The Morgan fingerprint density at radius 3 is 2.55 bits per heavy atom. The van der Waals surface area contributed by atoms with Gasteiger partial charge in [-0.15, -0.1) is 6.40 Å². The van der Waals surface area contributed by atoms with Crippen molar-refractivity contribution in [2.24, 2.45) is 0 Å². The van der Waals surface area contributed by atoms with Crippen LogP contribution >= 0.6 is 0 Å². The summed E-state index contributed by atoms with van der Waals surface area (Å²) < 4.78 is 58.9. The Balaban J connectivity index is 2.01. The molecular formula is C22H23N3O4. The molecule has 0 atom stereocenters. The molecule has 3 aromatic rings. The van der Waals surface area contributed by atoms with E-state index in [1.807, 2.05) is 6.07 Å². The molecule has 3 rings (SSSR count). The Kier molecular flexibility index (Phi) is 5.18. The summed E-state index contributed by atoms with van der Waals surface area (Å²) in [4.78, 5) is 8.57. The minimum atomic E-state index is -2.05. The van der Waals surface area contributed by atoms with Crippen molar-refractivity contribution in [1.29, 1.82) is 0 Å². The smallest absolute Gasteiger partial charge is 0.163 e. The van der Waals surface area contributed by atoms with E-state index < -0.39 is 26.3 Å². The lowest BCUT2D eigenvalue weighted by Gasteiger charge is -2.15. The first-order chi connectivity index (χ1) is 16.2. The van der Waals surface area contributed by atoms with Crippen LogP contribution in [0.2, 0.25) is 0 Å². The van der Waals surface area contributed by atoms with Crippen LogP contribution in [0.5, 0.6) is 11.5 Å². The molecule has 0 spiro atoms. The minimum Gasteiger partial charge on any atom is -0.487 e. The van der Waals surface area contributed by atoms with Crippen LogP contribution in [0.1, 0.15) is 12.4 Å². The van der Waals surface area contributed by atoms with Crippen molar-refractivity contribution in [1.82, 2.24) is 9.97 Å². The zero-order valence-electron chi connectivity index (χ0n) is 21.0. The van der Waals surface area contributed by atoms with Gasteiger partial charge in [0.2, 0.25) is 0 Å². The van der Waals surface area contributed by atoms with Crippen LogP contribution in [0, 0.1) is 12.3 Å². The van der Waals surface area contributed by atoms with E-state index in [4.69, 9.17) is 25.8 Å². The number of ether oxygens (including phenoxy) is 4. The van der Waals surface area contributed by atoms with Crippen LogP contribution in [0.3, 0.4) is 0 Å². The number of fused-ring (bicyclic) bond motifs is 1. The first-order valence-corrected chi connectivity index (χ1v) is 8.61. The van der Waals surface area contributed by atoms with Crippen LogP contribution in [-0.2, 0) is 9.47 Å². The molecule has 0 fully saturated rings. The molecule has 1 aromatic heterocycles. The van der Waals surface area contributed by atoms with Crippen molar-refractivity contribution in [3.05, 3.63) is 48.3 Å². The second kappa shape index (κ2) is 10.3. The summed E-state index contributed by atoms with van der Waals surface area (Å²) in [5.41, 5.74) is 1.83. The van der Waals surface area contributed by atoms with E-state index in [1.165, 1.54) is 20.5 Å². The van der Waals surface area contributed by atoms with E-state index in [0.717, 1.165) is 0 Å². The van der Waals surface area contributed by atoms with E-state index in [0.29, 0.717) is 28.0 Å². The average molecular weight is 398 g/mol. The Hall–Kier alpha value is -3.34. The highest BCUT2D eigenvalue weighted by atomic mass is 16.5. The number of anilines is 2. The van der Waals surface area contributed by atoms with Crippen LogP contribution in [0.25, 0.3) is 10.9 Å². The van der Waals surface area contributed by atoms with Gasteiger partial charge in [0.15, 0.2) is 11.5 Å². The molecule has 0 saturated heterocycles. The van der Waals surface area contributed by atoms with Gasteiger partial charge >= 0.3 is 0 Å². The van der Waals surface area contributed by atoms with Gasteiger partial charge in [-0.3, -0.25) is 0 Å². The van der Waals surface area contributed by atoms with Gasteiger partial charge in [0.05, 0.1) is 24.1 Å². The number of aromatic nitrogens is 2. The lowest BCUT2D eigenvalue weighted by molar-refractivity contribution is 0.132. The Bertz CT molecular complexity index is 1210. The van der Waals surface area contributed by atoms with E-state index >= 15 is 0 Å². The normalized spacial score (nSPS) is 13.8. The third-order valence-corrected chi connectivity index (χ3v) is 3.83. The standard InChI is InChI=1S/C22H23N3O4/c1-4-16-6-5-7-17(12-16)25-22-18-13-20(28-10-8-26-2)21(29-11-9-27-3)14-19(18)23-15-24-22/h1,5-7,12-15H,8-11H2,2-3H3,(H,23,24,25)/i1D,8D2,9D2. The van der Waals surface area contributed by atoms with Crippen LogP contribution in [0.4, 0.5) is 11.5 Å². The van der Waals surface area contributed by atoms with Crippen molar-refractivity contribution in [3.63, 3.8) is 0 Å². The van der Waals surface area contributed by atoms with Gasteiger partial charge in [0.1, 0.15) is 26.7 Å². The molecule has 0 aliphatic heterocycles. The van der Waals surface area contributed by atoms with Gasteiger partial charge in [0.25, 0.3) is 0 Å². The molecule has 1 N–H and O–H groups in total. The fourth-order valence-electron chi connectivity index (χ4n) is 2.53. The lowest BCUT2D eigenvalue weighted by Crippen LogP contribution is -2.09. The number of terminal acetylenes is 1. The molecule has 150 valence electrons. The van der Waals surface area contributed by atoms with Crippen molar-refractivity contribution < 1.29 is 25.8 Å². The van der Waals surface area contributed by atoms with Crippen LogP contribution in [0.15, 0.2) is 42.7 Å². The number of benzene rings is 2. The van der Waals surface area contributed by atoms with E-state index in [2.05, 4.69) is 27.6 Å². The molecule has 0 unspecified atom stereocenters. The fraction of sp³-hybridized carbons (Fsp3) is 0.273. The molecule has 0 amide bonds. The van der Waals surface area contributed by atoms with Gasteiger partial charge in [-0.2, -0.15) is 0 Å². The molecule has 0 aliphatic carbocycles. The molecular weight excluding hydrogens is 370 g/mol. The zero-order chi connectivity index (χ0) is 24.8. The maximum atomic E-state index is 7.77. The quantitative estimate of drug-likeness (QED) is 0.525. The van der Waals surface area contributed by atoms with E-state index in [1.54, 1.807) is 30.3 Å². The average Bonchev–Trinajstić information content (AvgIpc) is 2.82. The predicted molar refractivity (Wildman–Crippen MR) is 112 cm³/mol. The first kappa shape index (κ1) is 14.6. The number of hydrogen-bond donors (Lipinski definition) is 1. The van der Waals surface area contributed by atoms with Crippen molar-refractivity contribution in [2.75, 3.05) is 45.9 Å². The number of nitrogens with one attached hydrogen (secondary N) is 1. The summed E-state index contributed by atoms with van der Waals surface area (Å²) >= 11 is 0. The summed E-state index contributed by atoms with van der Waals surface area (Å²) in [6.45, 7) is -4.96. The molecule has 0 bridgehead atoms. The lowest BCUT2D eigenvalue weighted by atomic mass is 10.2. The Labute approximate surface area is 177 Å². The van der Waals surface area contributed by atoms with Crippen molar-refractivity contribution in [3.8, 4) is 23.8 Å². The molecule has 0 saturated carbocycles. The molecule has 7 nitrogen and oxygen atoms in total. The number of hydrogen-bond acceptors (Lipinski definition) is 7. The van der Waals surface area contributed by atoms with Gasteiger partial charge < -0.3 is 24.3 Å². The highest BCUT2D eigenvalue weighted by molar-refractivity contribution is 5.93. The second-order valence-electron chi connectivity index (χ2n) is 5.64. The first-order valence-electron chi connectivity index (χ1n) is 11.1. The van der Waals surface area contributed by atoms with E-state index in [-0.39, 0.29) is 11.5 Å². The number of rotatable bonds is 10. The number of methoxy groups -OCH3 is 2. The zero-order valence-corrected chi connectivity index (χ0v) is 16.0. The summed E-state index contributed by atoms with van der Waals surface area (Å²) in [7, 11) is 2.45. The van der Waals surface area contributed by atoms with Crippen molar-refractivity contribution >= 4 is 22.4 Å². The van der Waals surface area contributed by atoms with E-state index in [9.17, 15) is 0 Å². The highest BCUT2D eigenvalue weighted by Crippen LogP contribution is 2.35. The number of nitrogens with zero attached hydrogens (tertiary/aromatic N) is 2. The van der Waals surface area contributed by atoms with Crippen LogP contribution < -0.4 is 14.8 Å². The summed E-state index contributed by atoms with van der Waals surface area (Å²) in [5.74, 6) is 3.41.